The first kappa shape index (κ1) is 43.3. The normalized spacial score (nSPS) is 45.2. The van der Waals surface area contributed by atoms with Gasteiger partial charge in [0.1, 0.15) is 41.4 Å². The van der Waals surface area contributed by atoms with Crippen LogP contribution in [0.2, 0.25) is 0 Å². The second-order valence-electron chi connectivity index (χ2n) is 16.9. The third-order valence-electron chi connectivity index (χ3n) is 12.4. The Morgan fingerprint density at radius 3 is 2.31 bits per heavy atom. The number of hydrogen-bond acceptors (Lipinski definition) is 13. The molecule has 4 rings (SSSR count). The van der Waals surface area contributed by atoms with E-state index < -0.39 is 95.8 Å². The van der Waals surface area contributed by atoms with Gasteiger partial charge < -0.3 is 58.5 Å². The van der Waals surface area contributed by atoms with Gasteiger partial charge in [0.05, 0.1) is 41.9 Å². The summed E-state index contributed by atoms with van der Waals surface area (Å²) in [5.74, 6) is -2.26. The lowest BCUT2D eigenvalue weighted by Gasteiger charge is -2.48. The number of esters is 1. The Labute approximate surface area is 311 Å². The maximum Gasteiger partial charge on any atom is 0.311 e. The number of aliphatic hydroxyl groups excluding tert-OH is 3. The summed E-state index contributed by atoms with van der Waals surface area (Å²) in [6.07, 6.45) is -6.29. The van der Waals surface area contributed by atoms with E-state index in [9.17, 15) is 25.2 Å². The molecule has 0 saturated carbocycles. The number of nitrogens with zero attached hydrogens (tertiary/aromatic N) is 1. The van der Waals surface area contributed by atoms with Crippen molar-refractivity contribution in [3.05, 3.63) is 11.3 Å². The summed E-state index contributed by atoms with van der Waals surface area (Å²) in [4.78, 5) is 16.5. The molecule has 13 heteroatoms. The number of rotatable bonds is 11. The first-order valence-electron chi connectivity index (χ1n) is 19.4. The molecule has 52 heavy (non-hydrogen) atoms. The summed E-state index contributed by atoms with van der Waals surface area (Å²) >= 11 is 0. The molecule has 0 aromatic heterocycles. The number of carbonyl (C=O) groups is 1. The summed E-state index contributed by atoms with van der Waals surface area (Å²) in [6.45, 7) is 21.0. The van der Waals surface area contributed by atoms with Gasteiger partial charge in [-0.1, -0.05) is 27.7 Å². The van der Waals surface area contributed by atoms with Crippen molar-refractivity contribution in [2.75, 3.05) is 20.7 Å². The minimum atomic E-state index is -1.82. The van der Waals surface area contributed by atoms with Crippen molar-refractivity contribution in [1.29, 1.82) is 0 Å². The maximum atomic E-state index is 14.3. The van der Waals surface area contributed by atoms with Crippen molar-refractivity contribution in [3.63, 3.8) is 0 Å². The number of likely N-dealkylation sites (N-methyl/N-ethyl adjacent to an activating group) is 1. The fourth-order valence-electron chi connectivity index (χ4n) is 9.17. The van der Waals surface area contributed by atoms with Crippen LogP contribution in [0.4, 0.5) is 0 Å². The van der Waals surface area contributed by atoms with E-state index in [4.69, 9.17) is 33.2 Å². The molecular formula is C39H69NO12. The quantitative estimate of drug-likeness (QED) is 0.227. The van der Waals surface area contributed by atoms with Crippen molar-refractivity contribution < 1.29 is 58.4 Å². The average Bonchev–Trinajstić information content (AvgIpc) is 3.40. The number of methoxy groups -OCH3 is 1. The second kappa shape index (κ2) is 16.8. The lowest BCUT2D eigenvalue weighted by atomic mass is 9.78. The Balaban J connectivity index is 1.82. The number of hydrogen-bond donors (Lipinski definition) is 4. The minimum Gasteiger partial charge on any atom is -0.488 e. The van der Waals surface area contributed by atoms with Crippen molar-refractivity contribution >= 4 is 5.97 Å². The molecule has 4 heterocycles. The SMILES string of the molecule is CCCN(C)C1CC(C)O[C@@H](O[C@@H]2[C@@H](C)[C@H](O[C@H]3CC(C)(OC)[C@@H](O)C(C)O3)[C@@H](C)C(=O)O[C@@H]([C@](C)(O)[C@@H](O)CC)[C@@H](C)C3=C(C)C[C@@]2(C)O3)C1O. The summed E-state index contributed by atoms with van der Waals surface area (Å²) in [5, 5.41) is 45.5. The topological polar surface area (TPSA) is 166 Å². The van der Waals surface area contributed by atoms with Crippen LogP contribution in [0.3, 0.4) is 0 Å². The number of carbonyl (C=O) groups excluding carboxylic acids is 1. The van der Waals surface area contributed by atoms with E-state index in [0.717, 1.165) is 18.5 Å². The molecule has 3 fully saturated rings. The van der Waals surface area contributed by atoms with Crippen molar-refractivity contribution in [1.82, 2.24) is 4.90 Å². The van der Waals surface area contributed by atoms with Gasteiger partial charge >= 0.3 is 5.97 Å². The molecule has 3 saturated heterocycles. The van der Waals surface area contributed by atoms with Gasteiger partial charge in [-0.2, -0.15) is 0 Å². The standard InChI is InChI=1S/C39H69NO12/c1-14-16-40(12)26-17-21(4)47-36(29(26)42)51-33-23(6)31(49-28-19-37(9,46-13)32(43)25(8)48-28)24(7)35(44)50-34(39(11,45)27(41)15-2)22(5)30-20(3)18-38(33,10)52-30/h21-29,31-34,36,41-43,45H,14-19H2,1-13H3/t21?,22-,23-,24+,25?,26?,27-,28-,29?,31-,32-,33+,34+,36-,37?,38+,39+/m0/s1. The highest BCUT2D eigenvalue weighted by atomic mass is 16.7. The van der Waals surface area contributed by atoms with E-state index >= 15 is 0 Å². The van der Waals surface area contributed by atoms with Crippen molar-refractivity contribution in [2.24, 2.45) is 17.8 Å². The Morgan fingerprint density at radius 1 is 1.06 bits per heavy atom. The minimum absolute atomic E-state index is 0.175. The van der Waals surface area contributed by atoms with E-state index in [0.29, 0.717) is 18.6 Å². The number of ether oxygens (including phenoxy) is 7. The molecule has 13 nitrogen and oxygen atoms in total. The molecule has 0 amide bonds. The average molecular weight is 744 g/mol. The number of cyclic esters (lactones) is 1. The lowest BCUT2D eigenvalue weighted by Crippen LogP contribution is -2.60. The van der Waals surface area contributed by atoms with Crippen LogP contribution in [-0.4, -0.2) is 136 Å². The molecular weight excluding hydrogens is 674 g/mol. The van der Waals surface area contributed by atoms with Gasteiger partial charge in [-0.05, 0) is 86.9 Å². The summed E-state index contributed by atoms with van der Waals surface area (Å²) in [6, 6.07) is -0.205. The van der Waals surface area contributed by atoms with Gasteiger partial charge in [-0.3, -0.25) is 4.79 Å². The molecule has 4 N–H and O–H groups in total. The van der Waals surface area contributed by atoms with Gasteiger partial charge in [0.25, 0.3) is 0 Å². The number of aliphatic hydroxyl groups is 4. The summed E-state index contributed by atoms with van der Waals surface area (Å²) in [5.41, 5.74) is -2.95. The monoisotopic (exact) mass is 743 g/mol. The van der Waals surface area contributed by atoms with Crippen LogP contribution in [0.5, 0.6) is 0 Å². The molecule has 0 aromatic rings. The van der Waals surface area contributed by atoms with Crippen LogP contribution in [-0.2, 0) is 38.0 Å². The Hall–Kier alpha value is -1.39. The fraction of sp³-hybridized carbons (Fsp3) is 0.923. The summed E-state index contributed by atoms with van der Waals surface area (Å²) in [7, 11) is 3.53. The van der Waals surface area contributed by atoms with Gasteiger partial charge in [0.2, 0.25) is 0 Å². The Morgan fingerprint density at radius 2 is 1.71 bits per heavy atom. The first-order valence-corrected chi connectivity index (χ1v) is 19.4. The van der Waals surface area contributed by atoms with E-state index in [-0.39, 0.29) is 25.0 Å². The van der Waals surface area contributed by atoms with Crippen molar-refractivity contribution in [2.45, 2.75) is 193 Å². The molecule has 4 aliphatic rings. The molecule has 302 valence electrons. The van der Waals surface area contributed by atoms with E-state index in [1.807, 2.05) is 41.7 Å². The molecule has 0 spiro atoms. The molecule has 0 aliphatic carbocycles. The predicted molar refractivity (Wildman–Crippen MR) is 193 cm³/mol. The van der Waals surface area contributed by atoms with Gasteiger partial charge in [0.15, 0.2) is 12.6 Å². The molecule has 0 radical (unpaired) electrons. The Kier molecular flexibility index (Phi) is 14.0. The predicted octanol–water partition coefficient (Wildman–Crippen LogP) is 3.67. The second-order valence-corrected chi connectivity index (χ2v) is 16.9. The van der Waals surface area contributed by atoms with Crippen LogP contribution in [0.1, 0.15) is 108 Å². The summed E-state index contributed by atoms with van der Waals surface area (Å²) < 4.78 is 45.1. The van der Waals surface area contributed by atoms with Crippen LogP contribution in [0, 0.1) is 17.8 Å². The molecule has 0 aromatic carbocycles. The smallest absolute Gasteiger partial charge is 0.311 e. The third-order valence-corrected chi connectivity index (χ3v) is 12.4. The third kappa shape index (κ3) is 8.54. The molecule has 5 unspecified atom stereocenters. The zero-order valence-electron chi connectivity index (χ0n) is 33.8. The van der Waals surface area contributed by atoms with Gasteiger partial charge in [0, 0.05) is 31.9 Å². The van der Waals surface area contributed by atoms with Crippen LogP contribution in [0.15, 0.2) is 11.3 Å². The highest BCUT2D eigenvalue weighted by molar-refractivity contribution is 5.73. The van der Waals surface area contributed by atoms with E-state index in [2.05, 4.69) is 11.8 Å². The van der Waals surface area contributed by atoms with E-state index in [1.165, 1.54) is 14.0 Å². The fourth-order valence-corrected chi connectivity index (χ4v) is 9.17. The zero-order chi connectivity index (χ0) is 39.1. The van der Waals surface area contributed by atoms with Gasteiger partial charge in [-0.25, -0.2) is 0 Å². The largest absolute Gasteiger partial charge is 0.488 e. The van der Waals surface area contributed by atoms with Crippen molar-refractivity contribution in [3.8, 4) is 0 Å². The van der Waals surface area contributed by atoms with Crippen LogP contribution in [0.25, 0.3) is 0 Å². The molecule has 2 bridgehead atoms. The van der Waals surface area contributed by atoms with Gasteiger partial charge in [-0.15, -0.1) is 0 Å². The Bertz CT molecular complexity index is 1250. The zero-order valence-corrected chi connectivity index (χ0v) is 33.8. The highest BCUT2D eigenvalue weighted by Crippen LogP contribution is 2.48. The highest BCUT2D eigenvalue weighted by Gasteiger charge is 2.57. The van der Waals surface area contributed by atoms with Crippen LogP contribution < -0.4 is 0 Å². The van der Waals surface area contributed by atoms with Crippen LogP contribution >= 0.6 is 0 Å². The first-order chi connectivity index (χ1) is 24.1. The maximum absolute atomic E-state index is 14.3. The van der Waals surface area contributed by atoms with E-state index in [1.54, 1.807) is 27.7 Å². The number of fused-ring (bicyclic) bond motifs is 2. The molecule has 17 atom stereocenters. The molecule has 4 aliphatic heterocycles. The lowest BCUT2D eigenvalue weighted by molar-refractivity contribution is -0.316.